The molecular weight excluding hydrogens is 442 g/mol. The number of sulfonamides is 1. The van der Waals surface area contributed by atoms with Gasteiger partial charge in [-0.3, -0.25) is 4.79 Å². The van der Waals surface area contributed by atoms with E-state index in [1.807, 2.05) is 49.4 Å². The Hall–Kier alpha value is -2.58. The number of ether oxygens (including phenoxy) is 3. The SMILES string of the molecule is COc1ccc(CCC(OC(=O)C2CCCCN2S(C)(=O)=O)c2cccc(C)c2)cc1OC. The summed E-state index contributed by atoms with van der Waals surface area (Å²) in [7, 11) is -0.303. The van der Waals surface area contributed by atoms with Crippen LogP contribution in [0, 0.1) is 6.92 Å². The molecule has 0 spiro atoms. The van der Waals surface area contributed by atoms with Gasteiger partial charge >= 0.3 is 5.97 Å². The zero-order valence-electron chi connectivity index (χ0n) is 19.7. The van der Waals surface area contributed by atoms with Crippen molar-refractivity contribution in [1.29, 1.82) is 0 Å². The molecule has 180 valence electrons. The van der Waals surface area contributed by atoms with Crippen LogP contribution < -0.4 is 9.47 Å². The normalized spacial score (nSPS) is 17.9. The molecule has 3 rings (SSSR count). The Kier molecular flexibility index (Phi) is 8.37. The monoisotopic (exact) mass is 475 g/mol. The maximum Gasteiger partial charge on any atom is 0.325 e. The Morgan fingerprint density at radius 3 is 2.52 bits per heavy atom. The number of hydrogen-bond acceptors (Lipinski definition) is 6. The lowest BCUT2D eigenvalue weighted by molar-refractivity contribution is -0.155. The van der Waals surface area contributed by atoms with Gasteiger partial charge in [-0.15, -0.1) is 0 Å². The Morgan fingerprint density at radius 1 is 1.09 bits per heavy atom. The van der Waals surface area contributed by atoms with Crippen LogP contribution in [0.2, 0.25) is 0 Å². The third-order valence-corrected chi connectivity index (χ3v) is 7.26. The molecule has 0 N–H and O–H groups in total. The number of aryl methyl sites for hydroxylation is 2. The molecule has 1 aliphatic rings. The zero-order chi connectivity index (χ0) is 24.0. The van der Waals surface area contributed by atoms with Gasteiger partial charge in [-0.05, 0) is 62.3 Å². The molecule has 1 heterocycles. The maximum atomic E-state index is 13.2. The van der Waals surface area contributed by atoms with Crippen molar-refractivity contribution in [1.82, 2.24) is 4.31 Å². The molecule has 1 saturated heterocycles. The van der Waals surface area contributed by atoms with Crippen molar-refractivity contribution in [2.45, 2.75) is 51.2 Å². The van der Waals surface area contributed by atoms with E-state index in [9.17, 15) is 13.2 Å². The van der Waals surface area contributed by atoms with Gasteiger partial charge in [-0.1, -0.05) is 35.9 Å². The van der Waals surface area contributed by atoms with E-state index in [2.05, 4.69) is 0 Å². The number of nitrogens with zero attached hydrogens (tertiary/aromatic N) is 1. The molecular formula is C25H33NO6S. The van der Waals surface area contributed by atoms with Crippen LogP contribution in [-0.2, 0) is 26.0 Å². The van der Waals surface area contributed by atoms with Gasteiger partial charge < -0.3 is 14.2 Å². The number of rotatable bonds is 9. The predicted molar refractivity (Wildman–Crippen MR) is 127 cm³/mol. The van der Waals surface area contributed by atoms with Gasteiger partial charge in [-0.2, -0.15) is 4.31 Å². The molecule has 1 aliphatic heterocycles. The first-order valence-electron chi connectivity index (χ1n) is 11.2. The standard InChI is InChI=1S/C25H33NO6S/c1-18-8-7-9-20(16-18)22(13-11-19-12-14-23(30-2)24(17-19)31-3)32-25(27)21-10-5-6-15-26(21)33(4,28)29/h7-9,12,14,16-17,21-22H,5-6,10-11,13,15H2,1-4H3. The van der Waals surface area contributed by atoms with E-state index in [0.717, 1.165) is 35.8 Å². The minimum absolute atomic E-state index is 0.347. The fourth-order valence-corrected chi connectivity index (χ4v) is 5.37. The lowest BCUT2D eigenvalue weighted by Gasteiger charge is -2.33. The zero-order valence-corrected chi connectivity index (χ0v) is 20.6. The molecule has 0 aliphatic carbocycles. The minimum Gasteiger partial charge on any atom is -0.493 e. The van der Waals surface area contributed by atoms with Crippen LogP contribution in [0.25, 0.3) is 0 Å². The van der Waals surface area contributed by atoms with Crippen LogP contribution in [0.4, 0.5) is 0 Å². The number of benzene rings is 2. The quantitative estimate of drug-likeness (QED) is 0.509. The van der Waals surface area contributed by atoms with Gasteiger partial charge in [0.25, 0.3) is 0 Å². The van der Waals surface area contributed by atoms with E-state index in [1.165, 1.54) is 4.31 Å². The molecule has 0 radical (unpaired) electrons. The molecule has 0 amide bonds. The van der Waals surface area contributed by atoms with Crippen molar-refractivity contribution in [3.63, 3.8) is 0 Å². The number of carbonyl (C=O) groups is 1. The average Bonchev–Trinajstić information content (AvgIpc) is 2.80. The number of piperidine rings is 1. The molecule has 0 aromatic heterocycles. The molecule has 2 aromatic rings. The van der Waals surface area contributed by atoms with E-state index >= 15 is 0 Å². The average molecular weight is 476 g/mol. The summed E-state index contributed by atoms with van der Waals surface area (Å²) in [6, 6.07) is 12.8. The summed E-state index contributed by atoms with van der Waals surface area (Å²) >= 11 is 0. The highest BCUT2D eigenvalue weighted by Crippen LogP contribution is 2.31. The summed E-state index contributed by atoms with van der Waals surface area (Å²) in [6.45, 7) is 2.34. The van der Waals surface area contributed by atoms with Crippen molar-refractivity contribution in [2.75, 3.05) is 27.0 Å². The highest BCUT2D eigenvalue weighted by Gasteiger charge is 2.36. The summed E-state index contributed by atoms with van der Waals surface area (Å²) in [6.07, 6.45) is 3.87. The number of hydrogen-bond donors (Lipinski definition) is 0. The van der Waals surface area contributed by atoms with Gasteiger partial charge in [0.15, 0.2) is 11.5 Å². The first-order chi connectivity index (χ1) is 15.7. The van der Waals surface area contributed by atoms with Gasteiger partial charge in [0.05, 0.1) is 20.5 Å². The van der Waals surface area contributed by atoms with Crippen LogP contribution in [0.5, 0.6) is 11.5 Å². The summed E-state index contributed by atoms with van der Waals surface area (Å²) in [4.78, 5) is 13.2. The van der Waals surface area contributed by atoms with E-state index in [-0.39, 0.29) is 0 Å². The topological polar surface area (TPSA) is 82.1 Å². The Labute approximate surface area is 196 Å². The molecule has 7 nitrogen and oxygen atoms in total. The van der Waals surface area contributed by atoms with Crippen molar-refractivity contribution in [3.8, 4) is 11.5 Å². The van der Waals surface area contributed by atoms with Crippen LogP contribution in [0.15, 0.2) is 42.5 Å². The van der Waals surface area contributed by atoms with Crippen LogP contribution >= 0.6 is 0 Å². The molecule has 8 heteroatoms. The number of methoxy groups -OCH3 is 2. The summed E-state index contributed by atoms with van der Waals surface area (Å²) in [5.74, 6) is 0.810. The largest absolute Gasteiger partial charge is 0.493 e. The summed E-state index contributed by atoms with van der Waals surface area (Å²) < 4.78 is 42.4. The Morgan fingerprint density at radius 2 is 1.85 bits per heavy atom. The number of carbonyl (C=O) groups excluding carboxylic acids is 1. The lowest BCUT2D eigenvalue weighted by Crippen LogP contribution is -2.48. The fraction of sp³-hybridized carbons (Fsp3) is 0.480. The predicted octanol–water partition coefficient (Wildman–Crippen LogP) is 4.04. The van der Waals surface area contributed by atoms with Gasteiger partial charge in [0, 0.05) is 6.54 Å². The third-order valence-electron chi connectivity index (χ3n) is 5.97. The number of esters is 1. The first kappa shape index (κ1) is 25.1. The molecule has 1 fully saturated rings. The highest BCUT2D eigenvalue weighted by atomic mass is 32.2. The van der Waals surface area contributed by atoms with Crippen LogP contribution in [-0.4, -0.2) is 51.8 Å². The van der Waals surface area contributed by atoms with E-state index < -0.39 is 28.1 Å². The fourth-order valence-electron chi connectivity index (χ4n) is 4.25. The smallest absolute Gasteiger partial charge is 0.325 e. The van der Waals surface area contributed by atoms with E-state index in [4.69, 9.17) is 14.2 Å². The summed E-state index contributed by atoms with van der Waals surface area (Å²) in [5, 5.41) is 0. The lowest BCUT2D eigenvalue weighted by atomic mass is 9.99. The van der Waals surface area contributed by atoms with Crippen LogP contribution in [0.1, 0.15) is 48.5 Å². The molecule has 2 aromatic carbocycles. The van der Waals surface area contributed by atoms with Gasteiger partial charge in [0.2, 0.25) is 10.0 Å². The second kappa shape index (κ2) is 11.0. The Balaban J connectivity index is 1.81. The third kappa shape index (κ3) is 6.48. The minimum atomic E-state index is -3.49. The second-order valence-corrected chi connectivity index (χ2v) is 10.4. The Bertz CT molecular complexity index is 1070. The molecule has 0 saturated carbocycles. The molecule has 2 unspecified atom stereocenters. The highest BCUT2D eigenvalue weighted by molar-refractivity contribution is 7.88. The van der Waals surface area contributed by atoms with Crippen molar-refractivity contribution in [2.24, 2.45) is 0 Å². The van der Waals surface area contributed by atoms with E-state index in [0.29, 0.717) is 37.3 Å². The van der Waals surface area contributed by atoms with Gasteiger partial charge in [-0.25, -0.2) is 8.42 Å². The molecule has 2 atom stereocenters. The van der Waals surface area contributed by atoms with E-state index in [1.54, 1.807) is 14.2 Å². The molecule has 0 bridgehead atoms. The van der Waals surface area contributed by atoms with Crippen molar-refractivity contribution < 1.29 is 27.4 Å². The molecule has 33 heavy (non-hydrogen) atoms. The maximum absolute atomic E-state index is 13.2. The summed E-state index contributed by atoms with van der Waals surface area (Å²) in [5.41, 5.74) is 2.98. The second-order valence-electron chi connectivity index (χ2n) is 8.45. The van der Waals surface area contributed by atoms with Gasteiger partial charge in [0.1, 0.15) is 12.1 Å². The first-order valence-corrected chi connectivity index (χ1v) is 13.0. The van der Waals surface area contributed by atoms with Crippen molar-refractivity contribution in [3.05, 3.63) is 59.2 Å². The van der Waals surface area contributed by atoms with Crippen molar-refractivity contribution >= 4 is 16.0 Å². The van der Waals surface area contributed by atoms with Crippen LogP contribution in [0.3, 0.4) is 0 Å².